The number of carbonyl (C=O) groups is 2. The van der Waals surface area contributed by atoms with E-state index < -0.39 is 0 Å². The molecule has 1 aliphatic carbocycles. The van der Waals surface area contributed by atoms with Gasteiger partial charge in [0.25, 0.3) is 11.8 Å². The molecule has 0 radical (unpaired) electrons. The van der Waals surface area contributed by atoms with Crippen LogP contribution in [0.4, 0.5) is 11.4 Å². The Labute approximate surface area is 256 Å². The van der Waals surface area contributed by atoms with Gasteiger partial charge in [0.1, 0.15) is 5.00 Å². The van der Waals surface area contributed by atoms with Gasteiger partial charge in [-0.1, -0.05) is 47.5 Å². The van der Waals surface area contributed by atoms with Crippen molar-refractivity contribution < 1.29 is 9.59 Å². The van der Waals surface area contributed by atoms with Crippen LogP contribution in [0.5, 0.6) is 0 Å². The molecule has 2 aromatic carbocycles. The van der Waals surface area contributed by atoms with Gasteiger partial charge in [-0.2, -0.15) is 0 Å². The highest BCUT2D eigenvalue weighted by atomic mass is 35.5. The lowest BCUT2D eigenvalue weighted by atomic mass is 9.95. The third kappa shape index (κ3) is 5.49. The maximum absolute atomic E-state index is 13.7. The van der Waals surface area contributed by atoms with Gasteiger partial charge in [0.2, 0.25) is 0 Å². The molecule has 2 aromatic heterocycles. The van der Waals surface area contributed by atoms with E-state index >= 15 is 0 Å². The fraction of sp³-hybridized carbons (Fsp3) is 0.194. The quantitative estimate of drug-likeness (QED) is 0.220. The number of anilines is 1. The number of para-hydroxylation sites is 1. The molecule has 1 aliphatic heterocycles. The summed E-state index contributed by atoms with van der Waals surface area (Å²) in [5.74, 6) is -0.324. The zero-order valence-electron chi connectivity index (χ0n) is 22.4. The minimum Gasteiger partial charge on any atom is -0.322 e. The van der Waals surface area contributed by atoms with Gasteiger partial charge in [-0.3, -0.25) is 9.59 Å². The Hall–Kier alpha value is -3.30. The Kier molecular flexibility index (Phi) is 7.83. The summed E-state index contributed by atoms with van der Waals surface area (Å²) < 4.78 is 2.15. The van der Waals surface area contributed by atoms with E-state index in [1.165, 1.54) is 16.6 Å². The third-order valence-corrected chi connectivity index (χ3v) is 10.2. The van der Waals surface area contributed by atoms with E-state index in [2.05, 4.69) is 26.3 Å². The fourth-order valence-electron chi connectivity index (χ4n) is 5.21. The number of halogens is 2. The zero-order chi connectivity index (χ0) is 28.7. The van der Waals surface area contributed by atoms with Crippen molar-refractivity contribution in [3.05, 3.63) is 103 Å². The molecule has 2 N–H and O–H groups in total. The lowest BCUT2D eigenvalue weighted by Gasteiger charge is -2.14. The van der Waals surface area contributed by atoms with Gasteiger partial charge in [-0.15, -0.1) is 11.3 Å². The van der Waals surface area contributed by atoms with E-state index in [4.69, 9.17) is 23.2 Å². The number of carbonyl (C=O) groups excluding carboxylic acids is 2. The number of benzene rings is 2. The molecule has 6 rings (SSSR count). The highest BCUT2D eigenvalue weighted by Gasteiger charge is 2.29. The molecule has 2 amide bonds. The van der Waals surface area contributed by atoms with E-state index in [-0.39, 0.29) is 11.8 Å². The van der Waals surface area contributed by atoms with Crippen molar-refractivity contribution >= 4 is 80.7 Å². The molecule has 3 heterocycles. The lowest BCUT2D eigenvalue weighted by Crippen LogP contribution is -2.19. The minimum absolute atomic E-state index is 0.0933. The van der Waals surface area contributed by atoms with E-state index in [1.54, 1.807) is 29.5 Å². The van der Waals surface area contributed by atoms with Gasteiger partial charge in [-0.25, -0.2) is 4.99 Å². The van der Waals surface area contributed by atoms with Crippen molar-refractivity contribution in [3.63, 3.8) is 0 Å². The maximum atomic E-state index is 13.7. The fourth-order valence-corrected chi connectivity index (χ4v) is 7.88. The van der Waals surface area contributed by atoms with E-state index in [0.717, 1.165) is 64.4 Å². The summed E-state index contributed by atoms with van der Waals surface area (Å²) in [6, 6.07) is 16.8. The first kappa shape index (κ1) is 27.8. The van der Waals surface area contributed by atoms with Crippen LogP contribution in [-0.4, -0.2) is 21.5 Å². The first-order valence-electron chi connectivity index (χ1n) is 13.2. The minimum atomic E-state index is -0.230. The molecule has 0 bridgehead atoms. The molecule has 10 heteroatoms. The SMILES string of the molecule is Cc1cc(/C=C2\SC(=Nc3cccc(Cl)c3Cl)NC2=O)c(C)n1-c1sc2c(c1C(=O)Nc1ccccc1)CCCC2. The van der Waals surface area contributed by atoms with Gasteiger partial charge in [-0.05, 0) is 98.8 Å². The first-order valence-corrected chi connectivity index (χ1v) is 15.6. The maximum Gasteiger partial charge on any atom is 0.264 e. The summed E-state index contributed by atoms with van der Waals surface area (Å²) in [7, 11) is 0. The number of thioether (sulfide) groups is 1. The van der Waals surface area contributed by atoms with Crippen LogP contribution in [0.25, 0.3) is 11.1 Å². The number of rotatable bonds is 5. The van der Waals surface area contributed by atoms with Crippen molar-refractivity contribution in [1.82, 2.24) is 9.88 Å². The van der Waals surface area contributed by atoms with Crippen LogP contribution in [0.2, 0.25) is 10.0 Å². The Bertz CT molecular complexity index is 1760. The molecule has 0 saturated carbocycles. The van der Waals surface area contributed by atoms with Gasteiger partial charge < -0.3 is 15.2 Å². The van der Waals surface area contributed by atoms with Crippen LogP contribution in [0.3, 0.4) is 0 Å². The lowest BCUT2D eigenvalue weighted by molar-refractivity contribution is -0.115. The number of aromatic nitrogens is 1. The topological polar surface area (TPSA) is 75.5 Å². The second-order valence-electron chi connectivity index (χ2n) is 9.93. The third-order valence-electron chi connectivity index (χ3n) is 7.18. The first-order chi connectivity index (χ1) is 19.8. The molecular formula is C31H26Cl2N4O2S2. The average Bonchev–Trinajstić information content (AvgIpc) is 3.59. The number of nitrogens with one attached hydrogen (secondary N) is 2. The van der Waals surface area contributed by atoms with Gasteiger partial charge in [0, 0.05) is 22.0 Å². The van der Waals surface area contributed by atoms with E-state index in [1.807, 2.05) is 50.3 Å². The number of amides is 2. The van der Waals surface area contributed by atoms with Gasteiger partial charge in [0.15, 0.2) is 5.17 Å². The van der Waals surface area contributed by atoms with Crippen LogP contribution in [0, 0.1) is 13.8 Å². The van der Waals surface area contributed by atoms with E-state index in [0.29, 0.717) is 25.8 Å². The molecule has 41 heavy (non-hydrogen) atoms. The number of aryl methyl sites for hydroxylation is 2. The number of thiophene rings is 1. The average molecular weight is 622 g/mol. The van der Waals surface area contributed by atoms with Gasteiger partial charge >= 0.3 is 0 Å². The predicted octanol–water partition coefficient (Wildman–Crippen LogP) is 8.49. The Morgan fingerprint density at radius 2 is 1.85 bits per heavy atom. The van der Waals surface area contributed by atoms with Crippen molar-refractivity contribution in [2.75, 3.05) is 5.32 Å². The summed E-state index contributed by atoms with van der Waals surface area (Å²) in [5.41, 5.74) is 6.01. The van der Waals surface area contributed by atoms with E-state index in [9.17, 15) is 9.59 Å². The number of amidine groups is 1. The molecule has 1 fully saturated rings. The number of nitrogens with zero attached hydrogens (tertiary/aromatic N) is 2. The van der Waals surface area contributed by atoms with Crippen LogP contribution in [0.1, 0.15) is 50.6 Å². The number of fused-ring (bicyclic) bond motifs is 1. The molecule has 2 aliphatic rings. The Morgan fingerprint density at radius 3 is 2.66 bits per heavy atom. The molecule has 0 atom stereocenters. The summed E-state index contributed by atoms with van der Waals surface area (Å²) in [6.07, 6.45) is 5.96. The van der Waals surface area contributed by atoms with Crippen LogP contribution in [-0.2, 0) is 17.6 Å². The van der Waals surface area contributed by atoms with Crippen LogP contribution >= 0.6 is 46.3 Å². The summed E-state index contributed by atoms with van der Waals surface area (Å²) in [5, 5.41) is 8.02. The number of hydrogen-bond donors (Lipinski definition) is 2. The largest absolute Gasteiger partial charge is 0.322 e. The van der Waals surface area contributed by atoms with Crippen LogP contribution in [0.15, 0.2) is 64.5 Å². The highest BCUT2D eigenvalue weighted by Crippen LogP contribution is 2.40. The molecule has 6 nitrogen and oxygen atoms in total. The second-order valence-corrected chi connectivity index (χ2v) is 12.8. The Balaban J connectivity index is 1.36. The highest BCUT2D eigenvalue weighted by molar-refractivity contribution is 8.18. The molecular weight excluding hydrogens is 595 g/mol. The number of hydrogen-bond acceptors (Lipinski definition) is 5. The summed E-state index contributed by atoms with van der Waals surface area (Å²) in [4.78, 5) is 32.9. The predicted molar refractivity (Wildman–Crippen MR) is 171 cm³/mol. The van der Waals surface area contributed by atoms with Crippen molar-refractivity contribution in [2.45, 2.75) is 39.5 Å². The standard InChI is InChI=1S/C31H26Cl2N4O2S2/c1-17-15-19(16-25-28(38)36-31(41-25)35-23-13-8-12-22(32)27(23)33)18(2)37(17)30-26(21-11-6-7-14-24(21)40-30)29(39)34-20-9-4-3-5-10-20/h3-5,8-10,12-13,15-16H,6-7,11,14H2,1-2H3,(H,34,39)(H,35,36,38)/b25-16-. The zero-order valence-corrected chi connectivity index (χ0v) is 25.5. The monoisotopic (exact) mass is 620 g/mol. The molecule has 0 spiro atoms. The molecule has 4 aromatic rings. The normalized spacial score (nSPS) is 16.7. The number of aliphatic imine (C=N–C) groups is 1. The molecule has 1 saturated heterocycles. The summed E-state index contributed by atoms with van der Waals surface area (Å²) >= 11 is 15.4. The Morgan fingerprint density at radius 1 is 1.07 bits per heavy atom. The second kappa shape index (κ2) is 11.5. The molecule has 0 unspecified atom stereocenters. The van der Waals surface area contributed by atoms with Crippen LogP contribution < -0.4 is 10.6 Å². The molecule has 208 valence electrons. The van der Waals surface area contributed by atoms with Gasteiger partial charge in [0.05, 0.1) is 26.2 Å². The summed E-state index contributed by atoms with van der Waals surface area (Å²) in [6.45, 7) is 4.05. The van der Waals surface area contributed by atoms with Crippen molar-refractivity contribution in [2.24, 2.45) is 4.99 Å². The smallest absolute Gasteiger partial charge is 0.264 e. The van der Waals surface area contributed by atoms with Crippen molar-refractivity contribution in [1.29, 1.82) is 0 Å². The van der Waals surface area contributed by atoms with Crippen molar-refractivity contribution in [3.8, 4) is 5.00 Å².